The van der Waals surface area contributed by atoms with Crippen LogP contribution >= 0.6 is 0 Å². The molecule has 18 heavy (non-hydrogen) atoms. The molecule has 0 amide bonds. The minimum atomic E-state index is -0.351. The number of ether oxygens (including phenoxy) is 1. The van der Waals surface area contributed by atoms with Crippen molar-refractivity contribution in [1.82, 2.24) is 0 Å². The van der Waals surface area contributed by atoms with E-state index in [0.717, 1.165) is 11.3 Å². The average molecular weight is 242 g/mol. The Morgan fingerprint density at radius 1 is 0.889 bits per heavy atom. The zero-order valence-electron chi connectivity index (χ0n) is 10.3. The van der Waals surface area contributed by atoms with E-state index in [4.69, 9.17) is 4.74 Å². The molecule has 0 fully saturated rings. The lowest BCUT2D eigenvalue weighted by atomic mass is 10.1. The first-order chi connectivity index (χ1) is 8.84. The first-order valence-electron chi connectivity index (χ1n) is 6.24. The van der Waals surface area contributed by atoms with E-state index in [1.807, 2.05) is 60.7 Å². The molecule has 1 unspecified atom stereocenters. The summed E-state index contributed by atoms with van der Waals surface area (Å²) in [7, 11) is 0. The zero-order valence-corrected chi connectivity index (χ0v) is 10.3. The van der Waals surface area contributed by atoms with Crippen molar-refractivity contribution in [1.29, 1.82) is 0 Å². The molecule has 0 saturated heterocycles. The number of rotatable bonds is 6. The Morgan fingerprint density at radius 2 is 1.50 bits per heavy atom. The highest BCUT2D eigenvalue weighted by Crippen LogP contribution is 2.10. The molecule has 1 N–H and O–H groups in total. The lowest BCUT2D eigenvalue weighted by molar-refractivity contribution is 0.139. The van der Waals surface area contributed by atoms with Gasteiger partial charge in [0, 0.05) is 6.42 Å². The lowest BCUT2D eigenvalue weighted by Crippen LogP contribution is -2.14. The molecule has 2 aromatic carbocycles. The van der Waals surface area contributed by atoms with Crippen LogP contribution in [0, 0.1) is 0 Å². The summed E-state index contributed by atoms with van der Waals surface area (Å²) in [5, 5.41) is 9.90. The van der Waals surface area contributed by atoms with Gasteiger partial charge in [-0.3, -0.25) is 0 Å². The highest BCUT2D eigenvalue weighted by molar-refractivity contribution is 5.20. The van der Waals surface area contributed by atoms with E-state index in [-0.39, 0.29) is 6.10 Å². The molecule has 0 spiro atoms. The van der Waals surface area contributed by atoms with E-state index in [1.54, 1.807) is 0 Å². The predicted octanol–water partition coefficient (Wildman–Crippen LogP) is 3.06. The number of hydrogen-bond acceptors (Lipinski definition) is 2. The summed E-state index contributed by atoms with van der Waals surface area (Å²) in [5.74, 6) is 0.851. The molecule has 0 aliphatic rings. The largest absolute Gasteiger partial charge is 0.493 e. The standard InChI is InChI=1S/C16H18O2/c17-15(13-14-7-3-1-4-8-14)11-12-18-16-9-5-2-6-10-16/h1-10,15,17H,11-13H2. The maximum Gasteiger partial charge on any atom is 0.119 e. The fourth-order valence-corrected chi connectivity index (χ4v) is 1.82. The third-order valence-corrected chi connectivity index (χ3v) is 2.78. The Hall–Kier alpha value is -1.80. The number of benzene rings is 2. The lowest BCUT2D eigenvalue weighted by Gasteiger charge is -2.11. The van der Waals surface area contributed by atoms with Gasteiger partial charge in [-0.2, -0.15) is 0 Å². The molecule has 2 heteroatoms. The van der Waals surface area contributed by atoms with Crippen LogP contribution in [0.15, 0.2) is 60.7 Å². The smallest absolute Gasteiger partial charge is 0.119 e. The van der Waals surface area contributed by atoms with Crippen LogP contribution in [0.5, 0.6) is 5.75 Å². The highest BCUT2D eigenvalue weighted by atomic mass is 16.5. The molecule has 0 saturated carbocycles. The van der Waals surface area contributed by atoms with Crippen molar-refractivity contribution in [2.24, 2.45) is 0 Å². The van der Waals surface area contributed by atoms with Gasteiger partial charge in [-0.1, -0.05) is 48.5 Å². The van der Waals surface area contributed by atoms with Crippen molar-refractivity contribution in [3.05, 3.63) is 66.2 Å². The van der Waals surface area contributed by atoms with E-state index in [1.165, 1.54) is 0 Å². The van der Waals surface area contributed by atoms with Gasteiger partial charge in [-0.05, 0) is 24.1 Å². The van der Waals surface area contributed by atoms with Crippen molar-refractivity contribution < 1.29 is 9.84 Å². The van der Waals surface area contributed by atoms with Crippen LogP contribution in [0.25, 0.3) is 0 Å². The molecule has 2 nitrogen and oxygen atoms in total. The van der Waals surface area contributed by atoms with Crippen LogP contribution in [0.1, 0.15) is 12.0 Å². The molecule has 0 aromatic heterocycles. The van der Waals surface area contributed by atoms with Gasteiger partial charge in [-0.15, -0.1) is 0 Å². The molecular formula is C16H18O2. The summed E-state index contributed by atoms with van der Waals surface area (Å²) in [6.07, 6.45) is 0.971. The molecule has 1 atom stereocenters. The van der Waals surface area contributed by atoms with Crippen molar-refractivity contribution in [3.63, 3.8) is 0 Å². The van der Waals surface area contributed by atoms with Crippen LogP contribution in [-0.2, 0) is 6.42 Å². The monoisotopic (exact) mass is 242 g/mol. The average Bonchev–Trinajstić information content (AvgIpc) is 2.41. The first kappa shape index (κ1) is 12.7. The maximum atomic E-state index is 9.90. The number of aliphatic hydroxyl groups is 1. The van der Waals surface area contributed by atoms with E-state index in [2.05, 4.69) is 0 Å². The highest BCUT2D eigenvalue weighted by Gasteiger charge is 2.05. The third-order valence-electron chi connectivity index (χ3n) is 2.78. The van der Waals surface area contributed by atoms with Gasteiger partial charge in [0.15, 0.2) is 0 Å². The SMILES string of the molecule is OC(CCOc1ccccc1)Cc1ccccc1. The summed E-state index contributed by atoms with van der Waals surface area (Å²) >= 11 is 0. The second-order valence-corrected chi connectivity index (χ2v) is 4.29. The molecular weight excluding hydrogens is 224 g/mol. The van der Waals surface area contributed by atoms with Crippen molar-refractivity contribution in [2.45, 2.75) is 18.9 Å². The molecule has 0 radical (unpaired) electrons. The number of aliphatic hydroxyl groups excluding tert-OH is 1. The molecule has 2 aromatic rings. The fourth-order valence-electron chi connectivity index (χ4n) is 1.82. The summed E-state index contributed by atoms with van der Waals surface area (Å²) in [5.41, 5.74) is 1.16. The minimum Gasteiger partial charge on any atom is -0.493 e. The van der Waals surface area contributed by atoms with Crippen LogP contribution in [0.3, 0.4) is 0 Å². The van der Waals surface area contributed by atoms with Gasteiger partial charge >= 0.3 is 0 Å². The Balaban J connectivity index is 1.71. The van der Waals surface area contributed by atoms with E-state index in [9.17, 15) is 5.11 Å². The molecule has 2 rings (SSSR count). The van der Waals surface area contributed by atoms with Gasteiger partial charge in [0.05, 0.1) is 12.7 Å². The van der Waals surface area contributed by atoms with Crippen molar-refractivity contribution >= 4 is 0 Å². The summed E-state index contributed by atoms with van der Waals surface area (Å²) in [6.45, 7) is 0.540. The Labute approximate surface area is 108 Å². The van der Waals surface area contributed by atoms with E-state index >= 15 is 0 Å². The third kappa shape index (κ3) is 4.22. The molecule has 0 heterocycles. The maximum absolute atomic E-state index is 9.90. The van der Waals surface area contributed by atoms with Crippen LogP contribution in [-0.4, -0.2) is 17.8 Å². The Bertz CT molecular complexity index is 439. The molecule has 0 aliphatic carbocycles. The molecule has 0 aliphatic heterocycles. The summed E-state index contributed by atoms with van der Waals surface area (Å²) in [6, 6.07) is 19.7. The molecule has 94 valence electrons. The Morgan fingerprint density at radius 3 is 2.17 bits per heavy atom. The molecule has 0 bridgehead atoms. The van der Waals surface area contributed by atoms with Gasteiger partial charge in [-0.25, -0.2) is 0 Å². The fraction of sp³-hybridized carbons (Fsp3) is 0.250. The van der Waals surface area contributed by atoms with Gasteiger partial charge in [0.2, 0.25) is 0 Å². The van der Waals surface area contributed by atoms with Crippen molar-refractivity contribution in [2.75, 3.05) is 6.61 Å². The quantitative estimate of drug-likeness (QED) is 0.843. The predicted molar refractivity (Wildman–Crippen MR) is 72.7 cm³/mol. The topological polar surface area (TPSA) is 29.5 Å². The summed E-state index contributed by atoms with van der Waals surface area (Å²) < 4.78 is 5.55. The van der Waals surface area contributed by atoms with Crippen LogP contribution in [0.4, 0.5) is 0 Å². The number of para-hydroxylation sites is 1. The Kier molecular flexibility index (Phi) is 4.79. The van der Waals surface area contributed by atoms with E-state index in [0.29, 0.717) is 19.4 Å². The van der Waals surface area contributed by atoms with Gasteiger partial charge in [0.1, 0.15) is 5.75 Å². The first-order valence-corrected chi connectivity index (χ1v) is 6.24. The zero-order chi connectivity index (χ0) is 12.6. The second-order valence-electron chi connectivity index (χ2n) is 4.29. The van der Waals surface area contributed by atoms with Gasteiger partial charge in [0.25, 0.3) is 0 Å². The van der Waals surface area contributed by atoms with Crippen molar-refractivity contribution in [3.8, 4) is 5.75 Å². The minimum absolute atomic E-state index is 0.351. The normalized spacial score (nSPS) is 12.1. The van der Waals surface area contributed by atoms with E-state index < -0.39 is 0 Å². The van der Waals surface area contributed by atoms with Crippen LogP contribution in [0.2, 0.25) is 0 Å². The van der Waals surface area contributed by atoms with Gasteiger partial charge < -0.3 is 9.84 Å². The number of hydrogen-bond donors (Lipinski definition) is 1. The second kappa shape index (κ2) is 6.82. The van der Waals surface area contributed by atoms with Crippen LogP contribution < -0.4 is 4.74 Å². The summed E-state index contributed by atoms with van der Waals surface area (Å²) in [4.78, 5) is 0.